The number of carbonyl (C=O) groups is 1. The highest BCUT2D eigenvalue weighted by Gasteiger charge is 2.48. The minimum Gasteiger partial charge on any atom is -0.497 e. The lowest BCUT2D eigenvalue weighted by molar-refractivity contribution is -0.137. The number of benzene rings is 2. The van der Waals surface area contributed by atoms with E-state index in [1.165, 1.54) is 20.3 Å². The van der Waals surface area contributed by atoms with Crippen LogP contribution in [-0.4, -0.2) is 41.1 Å². The van der Waals surface area contributed by atoms with Crippen LogP contribution >= 0.6 is 15.9 Å². The van der Waals surface area contributed by atoms with E-state index in [1.807, 2.05) is 0 Å². The normalized spacial score (nSPS) is 20.0. The van der Waals surface area contributed by atoms with Crippen molar-refractivity contribution in [1.29, 1.82) is 0 Å². The molecular weight excluding hydrogens is 569 g/mol. The summed E-state index contributed by atoms with van der Waals surface area (Å²) in [6, 6.07) is 8.17. The van der Waals surface area contributed by atoms with Crippen LogP contribution < -0.4 is 20.1 Å². The summed E-state index contributed by atoms with van der Waals surface area (Å²) in [6.45, 7) is 1.74. The van der Waals surface area contributed by atoms with E-state index in [-0.39, 0.29) is 24.1 Å². The lowest BCUT2D eigenvalue weighted by Crippen LogP contribution is -2.61. The molecule has 0 bridgehead atoms. The molecule has 0 aliphatic carbocycles. The Hall–Kier alpha value is -3.38. The van der Waals surface area contributed by atoms with E-state index >= 15 is 0 Å². The predicted molar refractivity (Wildman–Crippen MR) is 138 cm³/mol. The third-order valence-electron chi connectivity index (χ3n) is 6.87. The lowest BCUT2D eigenvalue weighted by Gasteiger charge is -2.48. The highest BCUT2D eigenvalue weighted by molar-refractivity contribution is 9.10. The molecule has 8 nitrogen and oxygen atoms in total. The molecule has 1 aliphatic heterocycles. The van der Waals surface area contributed by atoms with Gasteiger partial charge in [0.1, 0.15) is 17.3 Å². The van der Waals surface area contributed by atoms with E-state index in [2.05, 4.69) is 25.9 Å². The van der Waals surface area contributed by atoms with Gasteiger partial charge in [0.15, 0.2) is 0 Å². The summed E-state index contributed by atoms with van der Waals surface area (Å²) in [4.78, 5) is 22.3. The Bertz CT molecular complexity index is 1320. The Balaban J connectivity index is 2.04. The second kappa shape index (κ2) is 10.4. The zero-order valence-corrected chi connectivity index (χ0v) is 22.4. The molecule has 2 aromatic carbocycles. The third kappa shape index (κ3) is 5.14. The molecule has 1 amide bonds. The summed E-state index contributed by atoms with van der Waals surface area (Å²) in [7, 11) is 2.98. The number of halogens is 4. The smallest absolute Gasteiger partial charge is 0.416 e. The van der Waals surface area contributed by atoms with Crippen molar-refractivity contribution < 1.29 is 32.5 Å². The third-order valence-corrected chi connectivity index (χ3v) is 7.28. The summed E-state index contributed by atoms with van der Waals surface area (Å²) in [6.07, 6.45) is -2.69. The molecule has 38 heavy (non-hydrogen) atoms. The van der Waals surface area contributed by atoms with Gasteiger partial charge in [0.05, 0.1) is 41.5 Å². The number of carboxylic acid groups (broad SMARTS) is 1. The Labute approximate surface area is 225 Å². The number of amides is 1. The minimum absolute atomic E-state index is 0.00766. The van der Waals surface area contributed by atoms with Crippen molar-refractivity contribution in [2.24, 2.45) is 5.73 Å². The van der Waals surface area contributed by atoms with Crippen molar-refractivity contribution in [3.8, 4) is 11.5 Å². The SMILES string of the molecule is CC[C@]1(N)C[C@@H](C(c2cc(OC)cc(OC)c2)c2ncc(Br)cn2)c2cc(C(F)(F)F)ccc2N1C(=O)O. The first-order valence-corrected chi connectivity index (χ1v) is 12.4. The number of anilines is 1. The van der Waals surface area contributed by atoms with E-state index in [4.69, 9.17) is 15.2 Å². The van der Waals surface area contributed by atoms with Gasteiger partial charge in [-0.05, 0) is 70.2 Å². The molecule has 202 valence electrons. The summed E-state index contributed by atoms with van der Waals surface area (Å²) < 4.78 is 53.0. The molecule has 0 saturated heterocycles. The van der Waals surface area contributed by atoms with Crippen LogP contribution in [0.3, 0.4) is 0 Å². The number of rotatable bonds is 6. The molecule has 0 radical (unpaired) electrons. The minimum atomic E-state index is -4.64. The molecule has 1 aromatic heterocycles. The number of aromatic nitrogens is 2. The molecule has 12 heteroatoms. The van der Waals surface area contributed by atoms with Crippen molar-refractivity contribution in [3.63, 3.8) is 0 Å². The molecule has 3 N–H and O–H groups in total. The predicted octanol–water partition coefficient (Wildman–Crippen LogP) is 6.14. The molecule has 1 unspecified atom stereocenters. The molecule has 2 heterocycles. The van der Waals surface area contributed by atoms with Crippen LogP contribution in [0.5, 0.6) is 11.5 Å². The average molecular weight is 595 g/mol. The molecule has 1 aliphatic rings. The number of alkyl halides is 3. The number of methoxy groups -OCH3 is 2. The summed E-state index contributed by atoms with van der Waals surface area (Å²) >= 11 is 3.32. The fourth-order valence-corrected chi connectivity index (χ4v) is 5.20. The van der Waals surface area contributed by atoms with Crippen molar-refractivity contribution in [1.82, 2.24) is 9.97 Å². The zero-order valence-electron chi connectivity index (χ0n) is 20.8. The van der Waals surface area contributed by atoms with E-state index in [1.54, 1.807) is 37.5 Å². The summed E-state index contributed by atoms with van der Waals surface area (Å²) in [5, 5.41) is 10.1. The van der Waals surface area contributed by atoms with Crippen LogP contribution in [0.1, 0.15) is 54.1 Å². The topological polar surface area (TPSA) is 111 Å². The largest absolute Gasteiger partial charge is 0.497 e. The van der Waals surface area contributed by atoms with Crippen LogP contribution in [0.4, 0.5) is 23.7 Å². The van der Waals surface area contributed by atoms with Crippen LogP contribution in [0.2, 0.25) is 0 Å². The number of fused-ring (bicyclic) bond motifs is 1. The number of nitrogens with two attached hydrogens (primary N) is 1. The fraction of sp³-hybridized carbons (Fsp3) is 0.346. The standard InChI is InChI=1S/C26H26BrF3N4O4/c1-4-25(31)11-20(19-9-15(26(28,29)30)5-6-21(19)34(25)24(35)36)22(23-32-12-16(27)13-33-23)14-7-17(37-2)10-18(8-14)38-3/h5-10,12-13,20,22H,4,11,31H2,1-3H3,(H,35,36)/t20-,22?,25-/m1/s1. The zero-order chi connectivity index (χ0) is 27.8. The van der Waals surface area contributed by atoms with Crippen LogP contribution in [0.25, 0.3) is 0 Å². The van der Waals surface area contributed by atoms with Crippen molar-refractivity contribution in [3.05, 3.63) is 75.8 Å². The Morgan fingerprint density at radius 2 is 1.79 bits per heavy atom. The Morgan fingerprint density at radius 3 is 2.29 bits per heavy atom. The van der Waals surface area contributed by atoms with Crippen molar-refractivity contribution in [2.45, 2.75) is 43.4 Å². The molecule has 4 rings (SSSR count). The Morgan fingerprint density at radius 1 is 1.18 bits per heavy atom. The maximum Gasteiger partial charge on any atom is 0.416 e. The average Bonchev–Trinajstić information content (AvgIpc) is 2.88. The number of hydrogen-bond donors (Lipinski definition) is 2. The van der Waals surface area contributed by atoms with Gasteiger partial charge in [0.2, 0.25) is 0 Å². The van der Waals surface area contributed by atoms with E-state index < -0.39 is 35.3 Å². The second-order valence-corrected chi connectivity index (χ2v) is 9.96. The van der Waals surface area contributed by atoms with E-state index in [0.717, 1.165) is 17.0 Å². The van der Waals surface area contributed by atoms with Gasteiger partial charge in [-0.15, -0.1) is 0 Å². The van der Waals surface area contributed by atoms with E-state index in [9.17, 15) is 23.1 Å². The van der Waals surface area contributed by atoms with Crippen LogP contribution in [-0.2, 0) is 6.18 Å². The van der Waals surface area contributed by atoms with Gasteiger partial charge < -0.3 is 20.3 Å². The summed E-state index contributed by atoms with van der Waals surface area (Å²) in [5.41, 5.74) is 5.26. The van der Waals surface area contributed by atoms with Gasteiger partial charge in [-0.25, -0.2) is 14.8 Å². The molecule has 0 fully saturated rings. The molecule has 0 spiro atoms. The molecule has 0 saturated carbocycles. The fourth-order valence-electron chi connectivity index (χ4n) is 5.00. The van der Waals surface area contributed by atoms with Crippen molar-refractivity contribution in [2.75, 3.05) is 19.1 Å². The quantitative estimate of drug-likeness (QED) is 0.352. The number of ether oxygens (including phenoxy) is 2. The molecule has 3 atom stereocenters. The van der Waals surface area contributed by atoms with Crippen LogP contribution in [0.15, 0.2) is 53.3 Å². The first-order valence-electron chi connectivity index (χ1n) is 11.7. The van der Waals surface area contributed by atoms with E-state index in [0.29, 0.717) is 27.4 Å². The molecule has 3 aromatic rings. The van der Waals surface area contributed by atoms with Gasteiger partial charge in [-0.3, -0.25) is 4.90 Å². The van der Waals surface area contributed by atoms with Crippen LogP contribution in [0, 0.1) is 0 Å². The lowest BCUT2D eigenvalue weighted by atomic mass is 9.71. The van der Waals surface area contributed by atoms with Gasteiger partial charge in [-0.1, -0.05) is 6.92 Å². The number of nitrogens with zero attached hydrogens (tertiary/aromatic N) is 3. The maximum atomic E-state index is 13.8. The van der Waals surface area contributed by atoms with Gasteiger partial charge in [0.25, 0.3) is 0 Å². The summed E-state index contributed by atoms with van der Waals surface area (Å²) in [5.74, 6) is -0.212. The maximum absolute atomic E-state index is 13.8. The first-order chi connectivity index (χ1) is 17.9. The Kier molecular flexibility index (Phi) is 7.57. The second-order valence-electron chi connectivity index (χ2n) is 9.04. The monoisotopic (exact) mass is 594 g/mol. The van der Waals surface area contributed by atoms with Gasteiger partial charge in [-0.2, -0.15) is 13.2 Å². The number of hydrogen-bond acceptors (Lipinski definition) is 6. The van der Waals surface area contributed by atoms with Gasteiger partial charge in [0, 0.05) is 24.4 Å². The highest BCUT2D eigenvalue weighted by atomic mass is 79.9. The highest BCUT2D eigenvalue weighted by Crippen LogP contribution is 2.52. The van der Waals surface area contributed by atoms with Crippen molar-refractivity contribution >= 4 is 27.7 Å². The van der Waals surface area contributed by atoms with Gasteiger partial charge >= 0.3 is 12.3 Å². The molecular formula is C26H26BrF3N4O4. The first kappa shape index (κ1) is 27.6.